The van der Waals surface area contributed by atoms with E-state index in [2.05, 4.69) is 33.5 Å². The number of thioether (sulfide) groups is 1. The van der Waals surface area contributed by atoms with Gasteiger partial charge in [0.1, 0.15) is 6.04 Å². The third-order valence-corrected chi connectivity index (χ3v) is 7.45. The fraction of sp³-hybridized carbons (Fsp3) is 0.370. The number of fused-ring (bicyclic) bond motifs is 1. The number of rotatable bonds is 10. The fourth-order valence-corrected chi connectivity index (χ4v) is 5.76. The molecular formula is C27H32BrN5O3S. The largest absolute Gasteiger partial charge is 0.492 e. The molecule has 0 spiro atoms. The lowest BCUT2D eigenvalue weighted by Gasteiger charge is -2.29. The number of ether oxygens (including phenoxy) is 2. The van der Waals surface area contributed by atoms with E-state index in [1.807, 2.05) is 57.2 Å². The van der Waals surface area contributed by atoms with Gasteiger partial charge in [-0.3, -0.25) is 4.79 Å². The molecule has 1 aliphatic rings. The molecule has 1 unspecified atom stereocenters. The second kappa shape index (κ2) is 12.0. The lowest BCUT2D eigenvalue weighted by molar-refractivity contribution is -0.113. The second-order valence-electron chi connectivity index (χ2n) is 8.72. The zero-order chi connectivity index (χ0) is 26.5. The Morgan fingerprint density at radius 2 is 2.05 bits per heavy atom. The molecule has 0 saturated carbocycles. The first-order chi connectivity index (χ1) is 17.9. The Kier molecular flexibility index (Phi) is 8.81. The van der Waals surface area contributed by atoms with Gasteiger partial charge < -0.3 is 20.1 Å². The number of nitrogens with one attached hydrogen (secondary N) is 2. The number of halogens is 1. The van der Waals surface area contributed by atoms with E-state index in [0.717, 1.165) is 39.9 Å². The Balaban J connectivity index is 1.81. The van der Waals surface area contributed by atoms with Crippen LogP contribution in [0.1, 0.15) is 50.8 Å². The highest BCUT2D eigenvalue weighted by Gasteiger charge is 2.35. The summed E-state index contributed by atoms with van der Waals surface area (Å²) in [4.78, 5) is 18.5. The number of amides is 1. The van der Waals surface area contributed by atoms with Crippen LogP contribution in [0.15, 0.2) is 57.3 Å². The van der Waals surface area contributed by atoms with Crippen LogP contribution in [0.3, 0.4) is 0 Å². The van der Waals surface area contributed by atoms with Crippen molar-refractivity contribution >= 4 is 45.2 Å². The number of methoxy groups -OCH3 is 1. The first-order valence-corrected chi connectivity index (χ1v) is 14.1. The summed E-state index contributed by atoms with van der Waals surface area (Å²) in [6, 6.07) is 11.1. The molecule has 1 aromatic heterocycles. The smallest absolute Gasteiger partial charge is 0.255 e. The van der Waals surface area contributed by atoms with Crippen molar-refractivity contribution in [2.45, 2.75) is 51.7 Å². The molecule has 2 aromatic carbocycles. The molecule has 2 N–H and O–H groups in total. The Hall–Kier alpha value is -2.98. The van der Waals surface area contributed by atoms with Crippen LogP contribution in [0.4, 0.5) is 11.6 Å². The average Bonchev–Trinajstić information content (AvgIpc) is 3.25. The summed E-state index contributed by atoms with van der Waals surface area (Å²) in [6.45, 7) is 8.44. The molecule has 1 atom stereocenters. The summed E-state index contributed by atoms with van der Waals surface area (Å²) in [5.41, 5.74) is 3.88. The summed E-state index contributed by atoms with van der Waals surface area (Å²) < 4.78 is 14.0. The number of aromatic nitrogens is 3. The van der Waals surface area contributed by atoms with Crippen molar-refractivity contribution in [1.29, 1.82) is 0 Å². The third-order valence-electron chi connectivity index (χ3n) is 5.93. The van der Waals surface area contributed by atoms with Gasteiger partial charge in [-0.15, -0.1) is 5.10 Å². The number of aryl methyl sites for hydroxylation is 1. The molecule has 2 heterocycles. The maximum Gasteiger partial charge on any atom is 0.255 e. The Labute approximate surface area is 230 Å². The lowest BCUT2D eigenvalue weighted by Crippen LogP contribution is -2.31. The van der Waals surface area contributed by atoms with Gasteiger partial charge in [-0.05, 0) is 78.5 Å². The molecule has 3 aromatic rings. The minimum absolute atomic E-state index is 0.216. The summed E-state index contributed by atoms with van der Waals surface area (Å²) in [7, 11) is 1.60. The standard InChI is InChI=1S/C27H32BrN5O3S/c1-6-8-12-37-27-31-26-29-17(4)22(25(34)30-19-11-9-10-16(3)13-19)23(33(26)32-27)18-14-20(28)24(35-5)21(15-18)36-7-2/h9-11,13-15,23H,6-8,12H2,1-5H3,(H,30,34)(H,29,31,32). The number of allylic oxidation sites excluding steroid dienone is 1. The molecule has 0 fully saturated rings. The molecule has 0 radical (unpaired) electrons. The molecule has 1 amide bonds. The number of benzene rings is 2. The molecule has 8 nitrogen and oxygen atoms in total. The van der Waals surface area contributed by atoms with E-state index in [0.29, 0.717) is 40.5 Å². The zero-order valence-corrected chi connectivity index (χ0v) is 24.1. The summed E-state index contributed by atoms with van der Waals surface area (Å²) in [6.07, 6.45) is 2.18. The van der Waals surface area contributed by atoms with Crippen LogP contribution >= 0.6 is 27.7 Å². The zero-order valence-electron chi connectivity index (χ0n) is 21.7. The van der Waals surface area contributed by atoms with Crippen LogP contribution in [0.5, 0.6) is 11.5 Å². The molecule has 10 heteroatoms. The SMILES string of the molecule is CCCCSc1nc2n(n1)C(c1cc(Br)c(OC)c(OCC)c1)C(C(=O)Nc1cccc(C)c1)=C(C)N2. The van der Waals surface area contributed by atoms with Gasteiger partial charge in [0.05, 0.1) is 23.8 Å². The van der Waals surface area contributed by atoms with Crippen LogP contribution in [0, 0.1) is 6.92 Å². The number of carbonyl (C=O) groups excluding carboxylic acids is 1. The van der Waals surface area contributed by atoms with Crippen molar-refractivity contribution < 1.29 is 14.3 Å². The minimum atomic E-state index is -0.532. The van der Waals surface area contributed by atoms with Crippen molar-refractivity contribution in [2.24, 2.45) is 0 Å². The first-order valence-electron chi connectivity index (χ1n) is 12.3. The number of unbranched alkanes of at least 4 members (excludes halogenated alkanes) is 1. The van der Waals surface area contributed by atoms with E-state index in [4.69, 9.17) is 19.6 Å². The molecule has 0 saturated heterocycles. The van der Waals surface area contributed by atoms with Gasteiger partial charge in [-0.25, -0.2) is 4.68 Å². The molecule has 4 rings (SSSR count). The number of hydrogen-bond donors (Lipinski definition) is 2. The van der Waals surface area contributed by atoms with Gasteiger partial charge in [-0.1, -0.05) is 37.2 Å². The minimum Gasteiger partial charge on any atom is -0.492 e. The maximum absolute atomic E-state index is 13.8. The van der Waals surface area contributed by atoms with E-state index >= 15 is 0 Å². The van der Waals surface area contributed by atoms with Gasteiger partial charge in [-0.2, -0.15) is 4.98 Å². The van der Waals surface area contributed by atoms with Gasteiger partial charge in [0.25, 0.3) is 5.91 Å². The van der Waals surface area contributed by atoms with Gasteiger partial charge in [0.2, 0.25) is 11.1 Å². The number of carbonyl (C=O) groups is 1. The summed E-state index contributed by atoms with van der Waals surface area (Å²) >= 11 is 5.24. The molecule has 0 bridgehead atoms. The van der Waals surface area contributed by atoms with Gasteiger partial charge in [0.15, 0.2) is 11.5 Å². The quantitative estimate of drug-likeness (QED) is 0.205. The van der Waals surface area contributed by atoms with Crippen LogP contribution in [0.25, 0.3) is 0 Å². The topological polar surface area (TPSA) is 90.3 Å². The summed E-state index contributed by atoms with van der Waals surface area (Å²) in [5.74, 6) is 2.49. The molecule has 37 heavy (non-hydrogen) atoms. The van der Waals surface area contributed by atoms with Crippen molar-refractivity contribution in [1.82, 2.24) is 14.8 Å². The Morgan fingerprint density at radius 1 is 1.24 bits per heavy atom. The lowest BCUT2D eigenvalue weighted by atomic mass is 9.94. The fourth-order valence-electron chi connectivity index (χ4n) is 4.23. The number of hydrogen-bond acceptors (Lipinski definition) is 7. The van der Waals surface area contributed by atoms with Crippen LogP contribution in [-0.4, -0.2) is 40.1 Å². The number of nitrogens with zero attached hydrogens (tertiary/aromatic N) is 3. The van der Waals surface area contributed by atoms with Crippen LogP contribution in [0.2, 0.25) is 0 Å². The Morgan fingerprint density at radius 3 is 2.76 bits per heavy atom. The van der Waals surface area contributed by atoms with E-state index in [1.54, 1.807) is 23.6 Å². The molecule has 196 valence electrons. The molecule has 0 aliphatic carbocycles. The van der Waals surface area contributed by atoms with Gasteiger partial charge >= 0.3 is 0 Å². The monoisotopic (exact) mass is 585 g/mol. The van der Waals surface area contributed by atoms with E-state index in [-0.39, 0.29) is 5.91 Å². The van der Waals surface area contributed by atoms with E-state index < -0.39 is 6.04 Å². The normalized spacial score (nSPS) is 14.7. The van der Waals surface area contributed by atoms with Crippen molar-refractivity contribution in [2.75, 3.05) is 30.1 Å². The van der Waals surface area contributed by atoms with E-state index in [1.165, 1.54) is 0 Å². The average molecular weight is 587 g/mol. The highest BCUT2D eigenvalue weighted by Crippen LogP contribution is 2.43. The van der Waals surface area contributed by atoms with Crippen molar-refractivity contribution in [3.63, 3.8) is 0 Å². The predicted octanol–water partition coefficient (Wildman–Crippen LogP) is 6.58. The van der Waals surface area contributed by atoms with Crippen LogP contribution < -0.4 is 20.1 Å². The highest BCUT2D eigenvalue weighted by atomic mass is 79.9. The molecule has 1 aliphatic heterocycles. The van der Waals surface area contributed by atoms with E-state index in [9.17, 15) is 4.79 Å². The van der Waals surface area contributed by atoms with Crippen molar-refractivity contribution in [3.8, 4) is 11.5 Å². The first kappa shape index (κ1) is 27.1. The van der Waals surface area contributed by atoms with Crippen LogP contribution in [-0.2, 0) is 4.79 Å². The molecular weight excluding hydrogens is 554 g/mol. The van der Waals surface area contributed by atoms with Gasteiger partial charge in [0, 0.05) is 17.1 Å². The van der Waals surface area contributed by atoms with Crippen molar-refractivity contribution in [3.05, 3.63) is 63.3 Å². The maximum atomic E-state index is 13.8. The second-order valence-corrected chi connectivity index (χ2v) is 10.6. The predicted molar refractivity (Wildman–Crippen MR) is 152 cm³/mol. The number of anilines is 2. The Bertz CT molecular complexity index is 1320. The highest BCUT2D eigenvalue weighted by molar-refractivity contribution is 9.10. The summed E-state index contributed by atoms with van der Waals surface area (Å²) in [5, 5.41) is 11.9. The third kappa shape index (κ3) is 5.96.